The number of nitro groups is 1. The fourth-order valence-electron chi connectivity index (χ4n) is 3.54. The second kappa shape index (κ2) is 4.81. The molecule has 106 valence electrons. The minimum absolute atomic E-state index is 0.0736. The third kappa shape index (κ3) is 2.24. The van der Waals surface area contributed by atoms with E-state index in [0.717, 1.165) is 6.42 Å². The van der Waals surface area contributed by atoms with Crippen molar-refractivity contribution >= 4 is 11.4 Å². The number of nitrogens with zero attached hydrogens (tertiary/aromatic N) is 1. The third-order valence-corrected chi connectivity index (χ3v) is 4.53. The monoisotopic (exact) mass is 274 g/mol. The summed E-state index contributed by atoms with van der Waals surface area (Å²) in [7, 11) is 0. The van der Waals surface area contributed by atoms with Gasteiger partial charge in [-0.2, -0.15) is 0 Å². The van der Waals surface area contributed by atoms with Crippen LogP contribution in [0.25, 0.3) is 0 Å². The van der Waals surface area contributed by atoms with E-state index in [2.05, 4.69) is 24.4 Å². The van der Waals surface area contributed by atoms with Crippen molar-refractivity contribution in [2.75, 3.05) is 5.32 Å². The Morgan fingerprint density at radius 2 is 2.20 bits per heavy atom. The number of nitrogens with one attached hydrogen (secondary N) is 1. The predicted molar refractivity (Wildman–Crippen MR) is 76.7 cm³/mol. The van der Waals surface area contributed by atoms with E-state index in [1.54, 1.807) is 6.07 Å². The van der Waals surface area contributed by atoms with Gasteiger partial charge in [-0.25, -0.2) is 0 Å². The standard InChI is InChI=1S/C15H18N2O3/c1-9(13-7-10-2-3-11(13)6-10)16-14-5-4-12(18)8-15(14)17(19)20/h2-5,8-11,13,16,18H,6-7H2,1H3. The highest BCUT2D eigenvalue weighted by molar-refractivity contribution is 5.64. The zero-order chi connectivity index (χ0) is 14.3. The first kappa shape index (κ1) is 13.0. The molecule has 2 aliphatic carbocycles. The molecule has 4 unspecified atom stereocenters. The Kier molecular flexibility index (Phi) is 3.12. The van der Waals surface area contributed by atoms with Crippen LogP contribution in [0.3, 0.4) is 0 Å². The second-order valence-electron chi connectivity index (χ2n) is 5.84. The topological polar surface area (TPSA) is 75.4 Å². The maximum absolute atomic E-state index is 11.0. The number of fused-ring (bicyclic) bond motifs is 2. The van der Waals surface area contributed by atoms with Gasteiger partial charge in [0.1, 0.15) is 11.4 Å². The number of anilines is 1. The molecule has 4 atom stereocenters. The van der Waals surface area contributed by atoms with Gasteiger partial charge in [0.25, 0.3) is 5.69 Å². The van der Waals surface area contributed by atoms with E-state index in [-0.39, 0.29) is 17.5 Å². The van der Waals surface area contributed by atoms with Crippen molar-refractivity contribution in [2.45, 2.75) is 25.8 Å². The summed E-state index contributed by atoms with van der Waals surface area (Å²) < 4.78 is 0. The van der Waals surface area contributed by atoms with Gasteiger partial charge in [-0.1, -0.05) is 12.2 Å². The second-order valence-corrected chi connectivity index (χ2v) is 5.84. The summed E-state index contributed by atoms with van der Waals surface area (Å²) in [5.41, 5.74) is 0.405. The fraction of sp³-hybridized carbons (Fsp3) is 0.467. The SMILES string of the molecule is CC(Nc1ccc(O)cc1[N+](=O)[O-])C1CC2C=CC1C2. The van der Waals surface area contributed by atoms with Crippen LogP contribution in [0.2, 0.25) is 0 Å². The lowest BCUT2D eigenvalue weighted by Gasteiger charge is -2.27. The average Bonchev–Trinajstić information content (AvgIpc) is 3.03. The van der Waals surface area contributed by atoms with Gasteiger partial charge in [-0.3, -0.25) is 10.1 Å². The summed E-state index contributed by atoms with van der Waals surface area (Å²) in [6.45, 7) is 2.08. The molecule has 0 spiro atoms. The van der Waals surface area contributed by atoms with E-state index >= 15 is 0 Å². The Balaban J connectivity index is 1.77. The highest BCUT2D eigenvalue weighted by atomic mass is 16.6. The van der Waals surface area contributed by atoms with Gasteiger partial charge in [0, 0.05) is 6.04 Å². The van der Waals surface area contributed by atoms with Crippen molar-refractivity contribution in [2.24, 2.45) is 17.8 Å². The lowest BCUT2D eigenvalue weighted by atomic mass is 9.87. The van der Waals surface area contributed by atoms with E-state index in [1.807, 2.05) is 0 Å². The molecule has 0 aliphatic heterocycles. The van der Waals surface area contributed by atoms with Gasteiger partial charge in [0.05, 0.1) is 11.0 Å². The van der Waals surface area contributed by atoms with Crippen molar-refractivity contribution in [3.05, 3.63) is 40.5 Å². The summed E-state index contributed by atoms with van der Waals surface area (Å²) >= 11 is 0. The molecule has 1 aromatic carbocycles. The molecule has 5 heteroatoms. The zero-order valence-corrected chi connectivity index (χ0v) is 11.3. The molecule has 2 aliphatic rings. The Labute approximate surface area is 117 Å². The van der Waals surface area contributed by atoms with Gasteiger partial charge in [-0.05, 0) is 49.7 Å². The molecule has 0 saturated heterocycles. The van der Waals surface area contributed by atoms with Gasteiger partial charge < -0.3 is 10.4 Å². The first-order valence-electron chi connectivity index (χ1n) is 6.97. The first-order chi connectivity index (χ1) is 9.54. The van der Waals surface area contributed by atoms with Crippen molar-refractivity contribution in [1.29, 1.82) is 0 Å². The molecular formula is C15H18N2O3. The zero-order valence-electron chi connectivity index (χ0n) is 11.3. The number of rotatable bonds is 4. The van der Waals surface area contributed by atoms with Crippen molar-refractivity contribution in [3.8, 4) is 5.75 Å². The van der Waals surface area contributed by atoms with Gasteiger partial charge >= 0.3 is 0 Å². The number of allylic oxidation sites excluding steroid dienone is 2. The normalized spacial score (nSPS) is 28.6. The van der Waals surface area contributed by atoms with Crippen LogP contribution in [0.4, 0.5) is 11.4 Å². The van der Waals surface area contributed by atoms with Crippen molar-refractivity contribution < 1.29 is 10.0 Å². The van der Waals surface area contributed by atoms with E-state index in [1.165, 1.54) is 18.6 Å². The summed E-state index contributed by atoms with van der Waals surface area (Å²) in [5, 5.41) is 23.7. The van der Waals surface area contributed by atoms with Crippen LogP contribution < -0.4 is 5.32 Å². The highest BCUT2D eigenvalue weighted by Gasteiger charge is 2.38. The minimum atomic E-state index is -0.463. The molecule has 2 N–H and O–H groups in total. The Bertz CT molecular complexity index is 570. The van der Waals surface area contributed by atoms with Crippen molar-refractivity contribution in [1.82, 2.24) is 0 Å². The van der Waals surface area contributed by atoms with Crippen LogP contribution in [0, 0.1) is 27.9 Å². The quantitative estimate of drug-likeness (QED) is 0.382. The van der Waals surface area contributed by atoms with E-state index in [0.29, 0.717) is 23.4 Å². The van der Waals surface area contributed by atoms with Crippen LogP contribution in [0.1, 0.15) is 19.8 Å². The first-order valence-corrected chi connectivity index (χ1v) is 6.97. The smallest absolute Gasteiger partial charge is 0.296 e. The molecule has 1 saturated carbocycles. The van der Waals surface area contributed by atoms with Crippen LogP contribution in [0.15, 0.2) is 30.4 Å². The predicted octanol–water partition coefficient (Wildman–Crippen LogP) is 3.31. The number of hydrogen-bond donors (Lipinski definition) is 2. The molecule has 5 nitrogen and oxygen atoms in total. The van der Waals surface area contributed by atoms with Crippen LogP contribution in [0.5, 0.6) is 5.75 Å². The number of phenolic OH excluding ortho intramolecular Hbond substituents is 1. The molecule has 3 rings (SSSR count). The van der Waals surface area contributed by atoms with E-state index in [9.17, 15) is 15.2 Å². The summed E-state index contributed by atoms with van der Waals surface area (Å²) in [6.07, 6.45) is 6.94. The molecule has 1 fully saturated rings. The van der Waals surface area contributed by atoms with Crippen LogP contribution in [-0.4, -0.2) is 16.1 Å². The Morgan fingerprint density at radius 3 is 2.80 bits per heavy atom. The fourth-order valence-corrected chi connectivity index (χ4v) is 3.54. The molecule has 2 bridgehead atoms. The van der Waals surface area contributed by atoms with Crippen LogP contribution in [-0.2, 0) is 0 Å². The number of benzene rings is 1. The molecule has 20 heavy (non-hydrogen) atoms. The molecule has 0 heterocycles. The maximum atomic E-state index is 11.0. The Hall–Kier alpha value is -2.04. The largest absolute Gasteiger partial charge is 0.508 e. The average molecular weight is 274 g/mol. The molecule has 1 aromatic rings. The van der Waals surface area contributed by atoms with E-state index in [4.69, 9.17) is 0 Å². The maximum Gasteiger partial charge on any atom is 0.296 e. The molecular weight excluding hydrogens is 256 g/mol. The van der Waals surface area contributed by atoms with Gasteiger partial charge in [-0.15, -0.1) is 0 Å². The lowest BCUT2D eigenvalue weighted by molar-refractivity contribution is -0.384. The molecule has 0 amide bonds. The Morgan fingerprint density at radius 1 is 1.40 bits per heavy atom. The molecule has 0 radical (unpaired) electrons. The van der Waals surface area contributed by atoms with Crippen molar-refractivity contribution in [3.63, 3.8) is 0 Å². The number of hydrogen-bond acceptors (Lipinski definition) is 4. The summed E-state index contributed by atoms with van der Waals surface area (Å²) in [6, 6.07) is 4.42. The lowest BCUT2D eigenvalue weighted by Crippen LogP contribution is -2.29. The highest BCUT2D eigenvalue weighted by Crippen LogP contribution is 2.45. The van der Waals surface area contributed by atoms with Gasteiger partial charge in [0.2, 0.25) is 0 Å². The van der Waals surface area contributed by atoms with E-state index < -0.39 is 4.92 Å². The molecule has 0 aromatic heterocycles. The minimum Gasteiger partial charge on any atom is -0.508 e. The van der Waals surface area contributed by atoms with Crippen LogP contribution >= 0.6 is 0 Å². The van der Waals surface area contributed by atoms with Gasteiger partial charge in [0.15, 0.2) is 0 Å². The summed E-state index contributed by atoms with van der Waals surface area (Å²) in [5.74, 6) is 1.72. The number of aromatic hydroxyl groups is 1. The number of phenols is 1. The number of nitro benzene ring substituents is 1. The summed E-state index contributed by atoms with van der Waals surface area (Å²) in [4.78, 5) is 10.6. The third-order valence-electron chi connectivity index (χ3n) is 4.53.